The standard InChI is InChI=1S/C20H25N5O4/c1-13(2)21-18(27)12-29-20-17-10-19(28-9-5-8-26)24-25(17)11-16(23-20)15-7-4-6-14(3)22-15/h4,6-7,10-11,13,26H,5,8-9,12H2,1-3H3,(H,21,27). The predicted molar refractivity (Wildman–Crippen MR) is 107 cm³/mol. The summed E-state index contributed by atoms with van der Waals surface area (Å²) in [4.78, 5) is 21.0. The summed E-state index contributed by atoms with van der Waals surface area (Å²) in [5, 5.41) is 16.1. The van der Waals surface area contributed by atoms with Gasteiger partial charge in [0.25, 0.3) is 5.91 Å². The number of ether oxygens (including phenoxy) is 2. The molecule has 9 heteroatoms. The number of hydrogen-bond donors (Lipinski definition) is 2. The average molecular weight is 399 g/mol. The van der Waals surface area contributed by atoms with E-state index in [-0.39, 0.29) is 31.0 Å². The minimum atomic E-state index is -0.238. The summed E-state index contributed by atoms with van der Waals surface area (Å²) in [7, 11) is 0. The van der Waals surface area contributed by atoms with E-state index in [9.17, 15) is 4.79 Å². The average Bonchev–Trinajstić information content (AvgIpc) is 3.08. The minimum absolute atomic E-state index is 0.0170. The lowest BCUT2D eigenvalue weighted by atomic mass is 10.2. The molecule has 0 fully saturated rings. The molecule has 3 rings (SSSR count). The van der Waals surface area contributed by atoms with Crippen LogP contribution in [0.4, 0.5) is 0 Å². The molecule has 154 valence electrons. The number of fused-ring (bicyclic) bond motifs is 1. The van der Waals surface area contributed by atoms with Crippen LogP contribution in [-0.4, -0.2) is 56.5 Å². The number of hydrogen-bond acceptors (Lipinski definition) is 7. The van der Waals surface area contributed by atoms with Gasteiger partial charge < -0.3 is 19.9 Å². The van der Waals surface area contributed by atoms with E-state index in [1.54, 1.807) is 16.8 Å². The Labute approximate surface area is 168 Å². The minimum Gasteiger partial charge on any atom is -0.476 e. The predicted octanol–water partition coefficient (Wildman–Crippen LogP) is 1.76. The Morgan fingerprint density at radius 3 is 2.79 bits per heavy atom. The number of pyridine rings is 1. The largest absolute Gasteiger partial charge is 0.476 e. The fourth-order valence-corrected chi connectivity index (χ4v) is 2.67. The van der Waals surface area contributed by atoms with E-state index >= 15 is 0 Å². The Kier molecular flexibility index (Phi) is 6.61. The fourth-order valence-electron chi connectivity index (χ4n) is 2.67. The van der Waals surface area contributed by atoms with Crippen molar-refractivity contribution in [3.63, 3.8) is 0 Å². The Morgan fingerprint density at radius 2 is 2.07 bits per heavy atom. The Balaban J connectivity index is 1.94. The van der Waals surface area contributed by atoms with Crippen LogP contribution in [0.3, 0.4) is 0 Å². The van der Waals surface area contributed by atoms with Crippen LogP contribution < -0.4 is 14.8 Å². The number of nitrogens with one attached hydrogen (secondary N) is 1. The first kappa shape index (κ1) is 20.5. The van der Waals surface area contributed by atoms with Gasteiger partial charge in [-0.25, -0.2) is 9.50 Å². The summed E-state index contributed by atoms with van der Waals surface area (Å²) >= 11 is 0. The molecule has 0 saturated carbocycles. The van der Waals surface area contributed by atoms with Gasteiger partial charge in [-0.05, 0) is 32.9 Å². The van der Waals surface area contributed by atoms with Gasteiger partial charge in [0.15, 0.2) is 6.61 Å². The smallest absolute Gasteiger partial charge is 0.258 e. The third-order valence-corrected chi connectivity index (χ3v) is 3.89. The fraction of sp³-hybridized carbons (Fsp3) is 0.400. The summed E-state index contributed by atoms with van der Waals surface area (Å²) in [5.74, 6) is 0.401. The zero-order chi connectivity index (χ0) is 20.8. The van der Waals surface area contributed by atoms with Gasteiger partial charge in [-0.2, -0.15) is 0 Å². The Morgan fingerprint density at radius 1 is 1.24 bits per heavy atom. The van der Waals surface area contributed by atoms with Gasteiger partial charge in [0.05, 0.1) is 18.5 Å². The van der Waals surface area contributed by atoms with Crippen molar-refractivity contribution < 1.29 is 19.4 Å². The highest BCUT2D eigenvalue weighted by molar-refractivity contribution is 5.78. The normalized spacial score (nSPS) is 11.1. The van der Waals surface area contributed by atoms with Crippen molar-refractivity contribution in [1.29, 1.82) is 0 Å². The van der Waals surface area contributed by atoms with Gasteiger partial charge in [0.1, 0.15) is 11.2 Å². The van der Waals surface area contributed by atoms with Crippen LogP contribution in [0.25, 0.3) is 16.9 Å². The van der Waals surface area contributed by atoms with E-state index in [2.05, 4.69) is 20.4 Å². The van der Waals surface area contributed by atoms with Gasteiger partial charge >= 0.3 is 0 Å². The molecule has 0 atom stereocenters. The number of aryl methyl sites for hydroxylation is 1. The van der Waals surface area contributed by atoms with Crippen LogP contribution in [0.15, 0.2) is 30.5 Å². The van der Waals surface area contributed by atoms with Crippen molar-refractivity contribution in [2.75, 3.05) is 19.8 Å². The number of carbonyl (C=O) groups is 1. The number of amides is 1. The van der Waals surface area contributed by atoms with Crippen molar-refractivity contribution in [3.05, 3.63) is 36.2 Å². The van der Waals surface area contributed by atoms with E-state index in [1.807, 2.05) is 39.0 Å². The maximum atomic E-state index is 12.0. The van der Waals surface area contributed by atoms with Crippen molar-refractivity contribution >= 4 is 11.4 Å². The third-order valence-electron chi connectivity index (χ3n) is 3.89. The van der Waals surface area contributed by atoms with Crippen molar-refractivity contribution in [2.45, 2.75) is 33.2 Å². The molecule has 29 heavy (non-hydrogen) atoms. The second kappa shape index (κ2) is 9.33. The van der Waals surface area contributed by atoms with Gasteiger partial charge in [-0.3, -0.25) is 9.78 Å². The quantitative estimate of drug-likeness (QED) is 0.528. The van der Waals surface area contributed by atoms with E-state index < -0.39 is 0 Å². The number of nitrogens with zero attached hydrogens (tertiary/aromatic N) is 4. The summed E-state index contributed by atoms with van der Waals surface area (Å²) in [6, 6.07) is 7.35. The van der Waals surface area contributed by atoms with Crippen LogP contribution >= 0.6 is 0 Å². The zero-order valence-electron chi connectivity index (χ0n) is 16.8. The molecule has 2 N–H and O–H groups in total. The maximum Gasteiger partial charge on any atom is 0.258 e. The third kappa shape index (κ3) is 5.41. The van der Waals surface area contributed by atoms with E-state index in [1.165, 1.54) is 0 Å². The molecule has 3 aromatic heterocycles. The summed E-state index contributed by atoms with van der Waals surface area (Å²) in [6.07, 6.45) is 2.24. The summed E-state index contributed by atoms with van der Waals surface area (Å²) in [6.45, 7) is 5.87. The molecule has 0 saturated heterocycles. The first-order valence-corrected chi connectivity index (χ1v) is 9.46. The van der Waals surface area contributed by atoms with Crippen molar-refractivity contribution in [2.24, 2.45) is 0 Å². The molecule has 0 unspecified atom stereocenters. The molecule has 0 aliphatic rings. The lowest BCUT2D eigenvalue weighted by Gasteiger charge is -2.11. The summed E-state index contributed by atoms with van der Waals surface area (Å²) in [5.41, 5.74) is 2.65. The second-order valence-corrected chi connectivity index (χ2v) is 6.84. The molecule has 3 aromatic rings. The number of aliphatic hydroxyl groups excluding tert-OH is 1. The first-order valence-electron chi connectivity index (χ1n) is 9.46. The Bertz CT molecular complexity index is 986. The van der Waals surface area contributed by atoms with Crippen molar-refractivity contribution in [3.8, 4) is 23.1 Å². The van der Waals surface area contributed by atoms with E-state index in [4.69, 9.17) is 14.6 Å². The molecule has 1 amide bonds. The van der Waals surface area contributed by atoms with Gasteiger partial charge in [-0.15, -0.1) is 5.10 Å². The van der Waals surface area contributed by atoms with E-state index in [0.29, 0.717) is 35.8 Å². The highest BCUT2D eigenvalue weighted by Gasteiger charge is 2.15. The topological polar surface area (TPSA) is 111 Å². The number of carbonyl (C=O) groups excluding carboxylic acids is 1. The molecule has 0 spiro atoms. The molecule has 0 bridgehead atoms. The van der Waals surface area contributed by atoms with Crippen LogP contribution in [0.5, 0.6) is 11.8 Å². The molecule has 9 nitrogen and oxygen atoms in total. The highest BCUT2D eigenvalue weighted by atomic mass is 16.5. The van der Waals surface area contributed by atoms with Crippen LogP contribution in [-0.2, 0) is 4.79 Å². The molecule has 3 heterocycles. The summed E-state index contributed by atoms with van der Waals surface area (Å²) < 4.78 is 12.9. The number of aromatic nitrogens is 4. The van der Waals surface area contributed by atoms with Crippen molar-refractivity contribution in [1.82, 2.24) is 24.9 Å². The van der Waals surface area contributed by atoms with Gasteiger partial charge in [0.2, 0.25) is 11.8 Å². The van der Waals surface area contributed by atoms with E-state index in [0.717, 1.165) is 5.69 Å². The molecular weight excluding hydrogens is 374 g/mol. The molecule has 0 radical (unpaired) electrons. The maximum absolute atomic E-state index is 12.0. The highest BCUT2D eigenvalue weighted by Crippen LogP contribution is 2.26. The first-order chi connectivity index (χ1) is 14.0. The SMILES string of the molecule is Cc1cccc(-c2cn3nc(OCCCO)cc3c(OCC(=O)NC(C)C)n2)n1. The lowest BCUT2D eigenvalue weighted by molar-refractivity contribution is -0.123. The second-order valence-electron chi connectivity index (χ2n) is 6.84. The molecule has 0 aliphatic carbocycles. The zero-order valence-corrected chi connectivity index (χ0v) is 16.8. The van der Waals surface area contributed by atoms with Crippen LogP contribution in [0, 0.1) is 6.92 Å². The Hall–Kier alpha value is -3.20. The molecule has 0 aromatic carbocycles. The lowest BCUT2D eigenvalue weighted by Crippen LogP contribution is -2.34. The van der Waals surface area contributed by atoms with Crippen LogP contribution in [0.1, 0.15) is 26.0 Å². The van der Waals surface area contributed by atoms with Crippen LogP contribution in [0.2, 0.25) is 0 Å². The van der Waals surface area contributed by atoms with Gasteiger partial charge in [-0.1, -0.05) is 6.07 Å². The van der Waals surface area contributed by atoms with Gasteiger partial charge in [0, 0.05) is 30.8 Å². The molecule has 0 aliphatic heterocycles. The number of rotatable bonds is 9. The number of aliphatic hydroxyl groups is 1. The monoisotopic (exact) mass is 399 g/mol. The molecular formula is C20H25N5O4.